The van der Waals surface area contributed by atoms with Crippen LogP contribution in [0.15, 0.2) is 47.1 Å². The standard InChI is InChI=1S/C15H17BrN2/c1-11-6-5-9-17-15(11)10-18-12(2)13-7-3-4-8-14(13)16/h3-9,12,18H,10H2,1-2H3. The van der Waals surface area contributed by atoms with E-state index in [1.165, 1.54) is 11.1 Å². The van der Waals surface area contributed by atoms with Gasteiger partial charge in [0.25, 0.3) is 0 Å². The van der Waals surface area contributed by atoms with Crippen LogP contribution in [0.25, 0.3) is 0 Å². The molecule has 1 atom stereocenters. The number of pyridine rings is 1. The zero-order valence-electron chi connectivity index (χ0n) is 10.7. The molecule has 2 nitrogen and oxygen atoms in total. The van der Waals surface area contributed by atoms with Crippen molar-refractivity contribution in [1.29, 1.82) is 0 Å². The number of hydrogen-bond acceptors (Lipinski definition) is 2. The molecule has 0 saturated carbocycles. The molecule has 0 saturated heterocycles. The molecule has 2 aromatic rings. The van der Waals surface area contributed by atoms with Gasteiger partial charge in [-0.15, -0.1) is 0 Å². The first kappa shape index (κ1) is 13.2. The summed E-state index contributed by atoms with van der Waals surface area (Å²) in [7, 11) is 0. The molecule has 1 aromatic carbocycles. The molecule has 0 radical (unpaired) electrons. The van der Waals surface area contributed by atoms with Crippen LogP contribution in [0.4, 0.5) is 0 Å². The van der Waals surface area contributed by atoms with Gasteiger partial charge in [0.1, 0.15) is 0 Å². The number of aryl methyl sites for hydroxylation is 1. The second-order valence-electron chi connectivity index (χ2n) is 4.39. The minimum absolute atomic E-state index is 0.294. The van der Waals surface area contributed by atoms with E-state index in [9.17, 15) is 0 Å². The van der Waals surface area contributed by atoms with E-state index in [0.717, 1.165) is 16.7 Å². The van der Waals surface area contributed by atoms with Gasteiger partial charge in [-0.25, -0.2) is 0 Å². The fourth-order valence-corrected chi connectivity index (χ4v) is 2.52. The lowest BCUT2D eigenvalue weighted by molar-refractivity contribution is 0.564. The molecule has 2 rings (SSSR count). The quantitative estimate of drug-likeness (QED) is 0.923. The Labute approximate surface area is 117 Å². The van der Waals surface area contributed by atoms with Gasteiger partial charge in [0.05, 0.1) is 5.69 Å². The van der Waals surface area contributed by atoms with Gasteiger partial charge >= 0.3 is 0 Å². The third kappa shape index (κ3) is 3.18. The number of aromatic nitrogens is 1. The van der Waals surface area contributed by atoms with Crippen LogP contribution in [0, 0.1) is 6.92 Å². The Morgan fingerprint density at radius 3 is 2.72 bits per heavy atom. The molecular weight excluding hydrogens is 288 g/mol. The maximum absolute atomic E-state index is 4.39. The van der Waals surface area contributed by atoms with E-state index in [0.29, 0.717) is 6.04 Å². The molecule has 1 heterocycles. The fourth-order valence-electron chi connectivity index (χ4n) is 1.89. The van der Waals surface area contributed by atoms with E-state index in [2.05, 4.69) is 64.3 Å². The van der Waals surface area contributed by atoms with Gasteiger partial charge in [0.2, 0.25) is 0 Å². The van der Waals surface area contributed by atoms with Gasteiger partial charge in [-0.05, 0) is 37.1 Å². The zero-order valence-corrected chi connectivity index (χ0v) is 12.2. The molecule has 3 heteroatoms. The van der Waals surface area contributed by atoms with Crippen LogP contribution in [0.1, 0.15) is 29.8 Å². The summed E-state index contributed by atoms with van der Waals surface area (Å²) in [4.78, 5) is 4.39. The zero-order chi connectivity index (χ0) is 13.0. The molecule has 0 aliphatic rings. The first-order chi connectivity index (χ1) is 8.68. The van der Waals surface area contributed by atoms with Crippen molar-refractivity contribution < 1.29 is 0 Å². The first-order valence-electron chi connectivity index (χ1n) is 6.07. The van der Waals surface area contributed by atoms with E-state index in [1.54, 1.807) is 0 Å². The van der Waals surface area contributed by atoms with Crippen LogP contribution in [0.5, 0.6) is 0 Å². The number of halogens is 1. The summed E-state index contributed by atoms with van der Waals surface area (Å²) in [5.74, 6) is 0. The van der Waals surface area contributed by atoms with Gasteiger partial charge in [0.15, 0.2) is 0 Å². The highest BCUT2D eigenvalue weighted by molar-refractivity contribution is 9.10. The Morgan fingerprint density at radius 2 is 2.00 bits per heavy atom. The monoisotopic (exact) mass is 304 g/mol. The molecular formula is C15H17BrN2. The van der Waals surface area contributed by atoms with Crippen molar-refractivity contribution in [1.82, 2.24) is 10.3 Å². The second kappa shape index (κ2) is 6.12. The highest BCUT2D eigenvalue weighted by atomic mass is 79.9. The molecule has 0 bridgehead atoms. The molecule has 0 spiro atoms. The van der Waals surface area contributed by atoms with E-state index >= 15 is 0 Å². The Morgan fingerprint density at radius 1 is 1.22 bits per heavy atom. The van der Waals surface area contributed by atoms with E-state index in [1.807, 2.05) is 18.3 Å². The lowest BCUT2D eigenvalue weighted by atomic mass is 10.1. The average molecular weight is 305 g/mol. The van der Waals surface area contributed by atoms with Crippen molar-refractivity contribution in [3.05, 3.63) is 63.9 Å². The SMILES string of the molecule is Cc1cccnc1CNC(C)c1ccccc1Br. The largest absolute Gasteiger partial charge is 0.305 e. The average Bonchev–Trinajstić information content (AvgIpc) is 2.38. The van der Waals surface area contributed by atoms with Crippen LogP contribution in [0.3, 0.4) is 0 Å². The number of benzene rings is 1. The van der Waals surface area contributed by atoms with Crippen molar-refractivity contribution in [3.8, 4) is 0 Å². The van der Waals surface area contributed by atoms with E-state index in [-0.39, 0.29) is 0 Å². The highest BCUT2D eigenvalue weighted by Gasteiger charge is 2.08. The van der Waals surface area contributed by atoms with Crippen LogP contribution < -0.4 is 5.32 Å². The van der Waals surface area contributed by atoms with Gasteiger partial charge in [0, 0.05) is 23.3 Å². The van der Waals surface area contributed by atoms with Crippen LogP contribution >= 0.6 is 15.9 Å². The minimum atomic E-state index is 0.294. The predicted molar refractivity (Wildman–Crippen MR) is 78.4 cm³/mol. The lowest BCUT2D eigenvalue weighted by Crippen LogP contribution is -2.19. The maximum atomic E-state index is 4.39. The molecule has 1 unspecified atom stereocenters. The van der Waals surface area contributed by atoms with E-state index < -0.39 is 0 Å². The third-order valence-corrected chi connectivity index (χ3v) is 3.79. The molecule has 0 aliphatic carbocycles. The molecule has 18 heavy (non-hydrogen) atoms. The smallest absolute Gasteiger partial charge is 0.0570 e. The van der Waals surface area contributed by atoms with Crippen molar-refractivity contribution >= 4 is 15.9 Å². The Kier molecular flexibility index (Phi) is 4.50. The predicted octanol–water partition coefficient (Wildman–Crippen LogP) is 4.00. The van der Waals surface area contributed by atoms with Crippen molar-refractivity contribution in [3.63, 3.8) is 0 Å². The Balaban J connectivity index is 2.03. The number of nitrogens with one attached hydrogen (secondary N) is 1. The summed E-state index contributed by atoms with van der Waals surface area (Å²) in [5.41, 5.74) is 3.60. The van der Waals surface area contributed by atoms with E-state index in [4.69, 9.17) is 0 Å². The second-order valence-corrected chi connectivity index (χ2v) is 5.25. The van der Waals surface area contributed by atoms with Crippen molar-refractivity contribution in [2.24, 2.45) is 0 Å². The molecule has 0 amide bonds. The summed E-state index contributed by atoms with van der Waals surface area (Å²) in [6.07, 6.45) is 1.84. The third-order valence-electron chi connectivity index (χ3n) is 3.07. The van der Waals surface area contributed by atoms with Crippen molar-refractivity contribution in [2.45, 2.75) is 26.4 Å². The van der Waals surface area contributed by atoms with Crippen LogP contribution in [0.2, 0.25) is 0 Å². The van der Waals surface area contributed by atoms with Gasteiger partial charge in [-0.3, -0.25) is 4.98 Å². The molecule has 0 aliphatic heterocycles. The normalized spacial score (nSPS) is 12.4. The molecule has 1 aromatic heterocycles. The van der Waals surface area contributed by atoms with Gasteiger partial charge in [-0.2, -0.15) is 0 Å². The van der Waals surface area contributed by atoms with Crippen LogP contribution in [-0.4, -0.2) is 4.98 Å². The molecule has 0 fully saturated rings. The summed E-state index contributed by atoms with van der Waals surface area (Å²) < 4.78 is 1.14. The Hall–Kier alpha value is -1.19. The maximum Gasteiger partial charge on any atom is 0.0570 e. The lowest BCUT2D eigenvalue weighted by Gasteiger charge is -2.16. The molecule has 94 valence electrons. The summed E-state index contributed by atoms with van der Waals surface area (Å²) in [5, 5.41) is 3.50. The summed E-state index contributed by atoms with van der Waals surface area (Å²) in [6.45, 7) is 5.04. The Bertz CT molecular complexity index is 525. The highest BCUT2D eigenvalue weighted by Crippen LogP contribution is 2.22. The fraction of sp³-hybridized carbons (Fsp3) is 0.267. The number of nitrogens with zero attached hydrogens (tertiary/aromatic N) is 1. The summed E-state index contributed by atoms with van der Waals surface area (Å²) >= 11 is 3.58. The minimum Gasteiger partial charge on any atom is -0.305 e. The van der Waals surface area contributed by atoms with Crippen LogP contribution in [-0.2, 0) is 6.54 Å². The number of hydrogen-bond donors (Lipinski definition) is 1. The molecule has 1 N–H and O–H groups in total. The topological polar surface area (TPSA) is 24.9 Å². The van der Waals surface area contributed by atoms with Crippen molar-refractivity contribution in [2.75, 3.05) is 0 Å². The summed E-state index contributed by atoms with van der Waals surface area (Å²) in [6, 6.07) is 12.6. The van der Waals surface area contributed by atoms with Gasteiger partial charge < -0.3 is 5.32 Å². The first-order valence-corrected chi connectivity index (χ1v) is 6.86. The number of rotatable bonds is 4. The van der Waals surface area contributed by atoms with Gasteiger partial charge in [-0.1, -0.05) is 40.2 Å².